The van der Waals surface area contributed by atoms with E-state index in [0.29, 0.717) is 0 Å². The van der Waals surface area contributed by atoms with E-state index in [1.807, 2.05) is 6.08 Å². The number of rotatable bonds is 4. The van der Waals surface area contributed by atoms with Gasteiger partial charge in [-0.1, -0.05) is 55.1 Å². The van der Waals surface area contributed by atoms with Gasteiger partial charge in [-0.2, -0.15) is 0 Å². The quantitative estimate of drug-likeness (QED) is 0.793. The molecule has 0 saturated carbocycles. The molecule has 19 heavy (non-hydrogen) atoms. The summed E-state index contributed by atoms with van der Waals surface area (Å²) in [5.74, 6) is 0. The van der Waals surface area contributed by atoms with Crippen LogP contribution in [0.5, 0.6) is 0 Å². The smallest absolute Gasteiger partial charge is 0.0399 e. The van der Waals surface area contributed by atoms with Crippen molar-refractivity contribution in [3.05, 3.63) is 71.8 Å². The van der Waals surface area contributed by atoms with Gasteiger partial charge in [0.25, 0.3) is 0 Å². The second kappa shape index (κ2) is 5.31. The van der Waals surface area contributed by atoms with Crippen molar-refractivity contribution >= 4 is 11.8 Å². The molecule has 1 heteroatoms. The van der Waals surface area contributed by atoms with Crippen LogP contribution < -0.4 is 4.90 Å². The molecule has 0 atom stereocenters. The fraction of sp³-hybridized carbons (Fsp3) is 0.222. The van der Waals surface area contributed by atoms with Gasteiger partial charge in [0.2, 0.25) is 0 Å². The molecular formula is C18H19N. The Morgan fingerprint density at radius 1 is 1.05 bits per heavy atom. The summed E-state index contributed by atoms with van der Waals surface area (Å²) in [5, 5.41) is 0. The minimum absolute atomic E-state index is 1.10. The summed E-state index contributed by atoms with van der Waals surface area (Å²) >= 11 is 0. The maximum absolute atomic E-state index is 3.79. The van der Waals surface area contributed by atoms with Gasteiger partial charge in [0.1, 0.15) is 0 Å². The summed E-state index contributed by atoms with van der Waals surface area (Å²) in [6.45, 7) is 6.04. The highest BCUT2D eigenvalue weighted by Gasteiger charge is 2.17. The molecule has 1 nitrogen and oxygen atoms in total. The van der Waals surface area contributed by atoms with Crippen molar-refractivity contribution < 1.29 is 0 Å². The zero-order chi connectivity index (χ0) is 13.1. The van der Waals surface area contributed by atoms with Crippen molar-refractivity contribution in [2.75, 3.05) is 18.0 Å². The van der Waals surface area contributed by atoms with Gasteiger partial charge >= 0.3 is 0 Å². The van der Waals surface area contributed by atoms with E-state index >= 15 is 0 Å². The Morgan fingerprint density at radius 3 is 2.63 bits per heavy atom. The van der Waals surface area contributed by atoms with Crippen molar-refractivity contribution in [1.29, 1.82) is 0 Å². The molecule has 0 unspecified atom stereocenters. The van der Waals surface area contributed by atoms with Crippen molar-refractivity contribution in [1.82, 2.24) is 0 Å². The van der Waals surface area contributed by atoms with Crippen LogP contribution in [0.2, 0.25) is 0 Å². The van der Waals surface area contributed by atoms with Gasteiger partial charge in [0.05, 0.1) is 0 Å². The van der Waals surface area contributed by atoms with Gasteiger partial charge in [-0.3, -0.25) is 0 Å². The van der Waals surface area contributed by atoms with E-state index in [4.69, 9.17) is 0 Å². The molecule has 0 spiro atoms. The van der Waals surface area contributed by atoms with Crippen LogP contribution >= 0.6 is 0 Å². The van der Waals surface area contributed by atoms with E-state index in [2.05, 4.69) is 60.0 Å². The third-order valence-electron chi connectivity index (χ3n) is 3.87. The second-order valence-electron chi connectivity index (χ2n) is 5.06. The molecule has 0 fully saturated rings. The molecular weight excluding hydrogens is 230 g/mol. The first kappa shape index (κ1) is 12.0. The van der Waals surface area contributed by atoms with Crippen molar-refractivity contribution in [3.63, 3.8) is 0 Å². The van der Waals surface area contributed by atoms with E-state index in [-0.39, 0.29) is 0 Å². The number of hydrogen-bond acceptors (Lipinski definition) is 1. The number of fused-ring (bicyclic) bond motifs is 1. The van der Waals surface area contributed by atoms with E-state index in [0.717, 1.165) is 19.5 Å². The number of anilines is 1. The summed E-state index contributed by atoms with van der Waals surface area (Å²) in [4.78, 5) is 2.50. The van der Waals surface area contributed by atoms with Crippen molar-refractivity contribution in [2.24, 2.45) is 0 Å². The standard InChI is InChI=1S/C18H19N/c1-2-15-7-9-16(10-8-15)11-13-19-14-12-17-5-3-4-6-18(17)19/h2-10H,1,11-14H2. The molecule has 96 valence electrons. The van der Waals surface area contributed by atoms with E-state index in [1.165, 1.54) is 28.8 Å². The molecule has 0 N–H and O–H groups in total. The third-order valence-corrected chi connectivity index (χ3v) is 3.87. The lowest BCUT2D eigenvalue weighted by molar-refractivity contribution is 0.813. The maximum atomic E-state index is 3.79. The third kappa shape index (κ3) is 2.55. The predicted molar refractivity (Wildman–Crippen MR) is 82.6 cm³/mol. The van der Waals surface area contributed by atoms with Gasteiger partial charge in [0, 0.05) is 18.8 Å². The molecule has 0 saturated heterocycles. The summed E-state index contributed by atoms with van der Waals surface area (Å²) in [7, 11) is 0. The summed E-state index contributed by atoms with van der Waals surface area (Å²) in [6.07, 6.45) is 4.18. The van der Waals surface area contributed by atoms with Crippen LogP contribution in [0, 0.1) is 0 Å². The number of benzene rings is 2. The van der Waals surface area contributed by atoms with Gasteiger partial charge < -0.3 is 4.90 Å². The van der Waals surface area contributed by atoms with Crippen LogP contribution in [0.1, 0.15) is 16.7 Å². The van der Waals surface area contributed by atoms with Crippen molar-refractivity contribution in [2.45, 2.75) is 12.8 Å². The molecule has 2 aromatic rings. The SMILES string of the molecule is C=Cc1ccc(CCN2CCc3ccccc32)cc1. The number of nitrogens with zero attached hydrogens (tertiary/aromatic N) is 1. The van der Waals surface area contributed by atoms with Crippen LogP contribution in [-0.4, -0.2) is 13.1 Å². The highest BCUT2D eigenvalue weighted by Crippen LogP contribution is 2.27. The lowest BCUT2D eigenvalue weighted by Crippen LogP contribution is -2.23. The average molecular weight is 249 g/mol. The van der Waals surface area contributed by atoms with Crippen LogP contribution in [0.3, 0.4) is 0 Å². The second-order valence-corrected chi connectivity index (χ2v) is 5.06. The molecule has 1 aliphatic heterocycles. The molecule has 0 aliphatic carbocycles. The van der Waals surface area contributed by atoms with Crippen LogP contribution in [0.4, 0.5) is 5.69 Å². The summed E-state index contributed by atoms with van der Waals surface area (Å²) < 4.78 is 0. The van der Waals surface area contributed by atoms with E-state index in [1.54, 1.807) is 0 Å². The highest BCUT2D eigenvalue weighted by atomic mass is 15.1. The van der Waals surface area contributed by atoms with E-state index < -0.39 is 0 Å². The molecule has 1 aliphatic rings. The Morgan fingerprint density at radius 2 is 1.84 bits per heavy atom. The molecule has 0 aromatic heterocycles. The lowest BCUT2D eigenvalue weighted by atomic mass is 10.1. The van der Waals surface area contributed by atoms with Gasteiger partial charge in [-0.05, 0) is 35.6 Å². The highest BCUT2D eigenvalue weighted by molar-refractivity contribution is 5.57. The van der Waals surface area contributed by atoms with Gasteiger partial charge in [0.15, 0.2) is 0 Å². The molecule has 2 aromatic carbocycles. The zero-order valence-corrected chi connectivity index (χ0v) is 11.2. The fourth-order valence-corrected chi connectivity index (χ4v) is 2.72. The Bertz CT molecular complexity index is 568. The van der Waals surface area contributed by atoms with Crippen LogP contribution in [0.25, 0.3) is 6.08 Å². The van der Waals surface area contributed by atoms with Crippen LogP contribution in [0.15, 0.2) is 55.1 Å². The average Bonchev–Trinajstić information content (AvgIpc) is 2.89. The Labute approximate surface area is 115 Å². The predicted octanol–water partition coefficient (Wildman–Crippen LogP) is 3.93. The summed E-state index contributed by atoms with van der Waals surface area (Å²) in [5.41, 5.74) is 5.50. The Balaban J connectivity index is 1.65. The fourth-order valence-electron chi connectivity index (χ4n) is 2.72. The summed E-state index contributed by atoms with van der Waals surface area (Å²) in [6, 6.07) is 17.4. The minimum Gasteiger partial charge on any atom is -0.371 e. The Kier molecular flexibility index (Phi) is 3.37. The molecule has 0 amide bonds. The molecule has 0 radical (unpaired) electrons. The van der Waals surface area contributed by atoms with Crippen molar-refractivity contribution in [3.8, 4) is 0 Å². The van der Waals surface area contributed by atoms with Crippen LogP contribution in [-0.2, 0) is 12.8 Å². The lowest BCUT2D eigenvalue weighted by Gasteiger charge is -2.19. The first-order valence-electron chi connectivity index (χ1n) is 6.91. The topological polar surface area (TPSA) is 3.24 Å². The zero-order valence-electron chi connectivity index (χ0n) is 11.2. The number of hydrogen-bond donors (Lipinski definition) is 0. The molecule has 0 bridgehead atoms. The number of para-hydroxylation sites is 1. The first-order chi connectivity index (χ1) is 9.36. The van der Waals surface area contributed by atoms with Gasteiger partial charge in [-0.15, -0.1) is 0 Å². The maximum Gasteiger partial charge on any atom is 0.0399 e. The van der Waals surface area contributed by atoms with E-state index in [9.17, 15) is 0 Å². The molecule has 1 heterocycles. The largest absolute Gasteiger partial charge is 0.371 e. The normalized spacial score (nSPS) is 13.4. The minimum atomic E-state index is 1.10. The van der Waals surface area contributed by atoms with Gasteiger partial charge in [-0.25, -0.2) is 0 Å². The molecule has 3 rings (SSSR count). The first-order valence-corrected chi connectivity index (χ1v) is 6.91. The Hall–Kier alpha value is -2.02. The monoisotopic (exact) mass is 249 g/mol.